The smallest absolute Gasteiger partial charge is 0.286 e. The van der Waals surface area contributed by atoms with Crippen molar-refractivity contribution in [2.45, 2.75) is 18.6 Å². The van der Waals surface area contributed by atoms with Gasteiger partial charge in [0, 0.05) is 18.0 Å². The third kappa shape index (κ3) is 5.55. The van der Waals surface area contributed by atoms with Gasteiger partial charge < -0.3 is 9.57 Å². The summed E-state index contributed by atoms with van der Waals surface area (Å²) in [6.07, 6.45) is 3.92. The van der Waals surface area contributed by atoms with E-state index in [0.29, 0.717) is 25.4 Å². The standard InChI is InChI=1S/C19H19N3O4S/c1-13(15-6-8-20-9-7-15)22-26-11-10-25-16-4-2-14(3-5-16)12-17-18(23)21-19(24)27-17/h2-9,17H,10-12H2,1H3,(H,21,23,24)/b22-13+. The van der Waals surface area contributed by atoms with Crippen molar-refractivity contribution in [3.8, 4) is 5.75 Å². The normalized spacial score (nSPS) is 16.9. The molecule has 1 aliphatic heterocycles. The van der Waals surface area contributed by atoms with Crippen molar-refractivity contribution in [2.75, 3.05) is 13.2 Å². The molecule has 0 spiro atoms. The molecule has 1 aromatic heterocycles. The second-order valence-corrected chi connectivity index (χ2v) is 7.00. The van der Waals surface area contributed by atoms with E-state index < -0.39 is 0 Å². The van der Waals surface area contributed by atoms with Gasteiger partial charge in [-0.3, -0.25) is 19.9 Å². The van der Waals surface area contributed by atoms with E-state index in [1.54, 1.807) is 12.4 Å². The van der Waals surface area contributed by atoms with Crippen molar-refractivity contribution in [1.29, 1.82) is 0 Å². The Bertz CT molecular complexity index is 825. The van der Waals surface area contributed by atoms with Crippen LogP contribution in [0.4, 0.5) is 4.79 Å². The first kappa shape index (κ1) is 18.9. The minimum atomic E-state index is -0.362. The number of hydrogen-bond acceptors (Lipinski definition) is 7. The van der Waals surface area contributed by atoms with Crippen LogP contribution >= 0.6 is 11.8 Å². The Morgan fingerprint density at radius 1 is 1.15 bits per heavy atom. The number of oxime groups is 1. The maximum Gasteiger partial charge on any atom is 0.286 e. The van der Waals surface area contributed by atoms with E-state index in [0.717, 1.165) is 28.6 Å². The Morgan fingerprint density at radius 3 is 2.56 bits per heavy atom. The Morgan fingerprint density at radius 2 is 1.89 bits per heavy atom. The molecule has 0 radical (unpaired) electrons. The van der Waals surface area contributed by atoms with Gasteiger partial charge in [0.25, 0.3) is 5.24 Å². The number of carbonyl (C=O) groups is 2. The quantitative estimate of drug-likeness (QED) is 0.427. The average Bonchev–Trinajstić information content (AvgIpc) is 3.00. The van der Waals surface area contributed by atoms with Crippen molar-refractivity contribution in [3.63, 3.8) is 0 Å². The Balaban J connectivity index is 1.40. The van der Waals surface area contributed by atoms with Crippen LogP contribution in [0.3, 0.4) is 0 Å². The maximum absolute atomic E-state index is 11.6. The maximum atomic E-state index is 11.6. The molecule has 1 fully saturated rings. The third-order valence-corrected chi connectivity index (χ3v) is 4.84. The van der Waals surface area contributed by atoms with Crippen molar-refractivity contribution in [1.82, 2.24) is 10.3 Å². The number of nitrogens with zero attached hydrogens (tertiary/aromatic N) is 2. The fourth-order valence-electron chi connectivity index (χ4n) is 2.45. The van der Waals surface area contributed by atoms with E-state index >= 15 is 0 Å². The Kier molecular flexibility index (Phi) is 6.43. The lowest BCUT2D eigenvalue weighted by Crippen LogP contribution is -2.25. The summed E-state index contributed by atoms with van der Waals surface area (Å²) in [7, 11) is 0. The first-order valence-corrected chi connectivity index (χ1v) is 9.30. The van der Waals surface area contributed by atoms with Gasteiger partial charge in [0.2, 0.25) is 5.91 Å². The number of amides is 2. The molecule has 1 saturated heterocycles. The lowest BCUT2D eigenvalue weighted by molar-refractivity contribution is -0.118. The fraction of sp³-hybridized carbons (Fsp3) is 0.263. The molecule has 0 saturated carbocycles. The van der Waals surface area contributed by atoms with E-state index in [1.807, 2.05) is 43.3 Å². The van der Waals surface area contributed by atoms with Gasteiger partial charge in [0.05, 0.1) is 11.0 Å². The van der Waals surface area contributed by atoms with Gasteiger partial charge in [-0.1, -0.05) is 29.1 Å². The predicted molar refractivity (Wildman–Crippen MR) is 103 cm³/mol. The van der Waals surface area contributed by atoms with Crippen LogP contribution in [-0.4, -0.2) is 40.3 Å². The number of rotatable bonds is 8. The van der Waals surface area contributed by atoms with E-state index in [4.69, 9.17) is 9.57 Å². The SMILES string of the molecule is C/C(=N\OCCOc1ccc(CC2SC(=O)NC2=O)cc1)c1ccncc1. The number of aromatic nitrogens is 1. The molecule has 8 heteroatoms. The summed E-state index contributed by atoms with van der Waals surface area (Å²) in [6.45, 7) is 2.55. The molecular formula is C19H19N3O4S. The summed E-state index contributed by atoms with van der Waals surface area (Å²) in [6, 6.07) is 11.2. The van der Waals surface area contributed by atoms with Crippen molar-refractivity contribution < 1.29 is 19.2 Å². The summed E-state index contributed by atoms with van der Waals surface area (Å²) < 4.78 is 5.61. The highest BCUT2D eigenvalue weighted by Crippen LogP contribution is 2.23. The van der Waals surface area contributed by atoms with Gasteiger partial charge in [-0.2, -0.15) is 0 Å². The van der Waals surface area contributed by atoms with Crippen LogP contribution < -0.4 is 10.1 Å². The zero-order chi connectivity index (χ0) is 19.1. The summed E-state index contributed by atoms with van der Waals surface area (Å²) in [5, 5.41) is 5.69. The second-order valence-electron chi connectivity index (χ2n) is 5.83. The van der Waals surface area contributed by atoms with Crippen LogP contribution in [0.25, 0.3) is 0 Å². The zero-order valence-corrected chi connectivity index (χ0v) is 15.6. The highest BCUT2D eigenvalue weighted by Gasteiger charge is 2.31. The molecule has 3 rings (SSSR count). The van der Waals surface area contributed by atoms with Crippen LogP contribution in [-0.2, 0) is 16.1 Å². The molecule has 1 N–H and O–H groups in total. The molecular weight excluding hydrogens is 366 g/mol. The van der Waals surface area contributed by atoms with Gasteiger partial charge in [-0.05, 0) is 43.2 Å². The van der Waals surface area contributed by atoms with Crippen LogP contribution in [0, 0.1) is 0 Å². The van der Waals surface area contributed by atoms with Crippen LogP contribution in [0.5, 0.6) is 5.75 Å². The van der Waals surface area contributed by atoms with Crippen molar-refractivity contribution in [3.05, 3.63) is 59.9 Å². The van der Waals surface area contributed by atoms with Crippen molar-refractivity contribution >= 4 is 28.6 Å². The predicted octanol–water partition coefficient (Wildman–Crippen LogP) is 2.80. The number of nitrogens with one attached hydrogen (secondary N) is 1. The summed E-state index contributed by atoms with van der Waals surface area (Å²) in [4.78, 5) is 32.0. The molecule has 140 valence electrons. The van der Waals surface area contributed by atoms with Crippen LogP contribution in [0.2, 0.25) is 0 Å². The topological polar surface area (TPSA) is 89.9 Å². The molecule has 1 aliphatic rings. The van der Waals surface area contributed by atoms with Gasteiger partial charge in [-0.25, -0.2) is 0 Å². The minimum absolute atomic E-state index is 0.231. The number of hydrogen-bond donors (Lipinski definition) is 1. The number of pyridine rings is 1. The first-order chi connectivity index (χ1) is 13.1. The van der Waals surface area contributed by atoms with E-state index in [1.165, 1.54) is 0 Å². The van der Waals surface area contributed by atoms with Gasteiger partial charge in [-0.15, -0.1) is 0 Å². The Labute approximate surface area is 161 Å². The van der Waals surface area contributed by atoms with E-state index in [2.05, 4.69) is 15.5 Å². The molecule has 2 heterocycles. The summed E-state index contributed by atoms with van der Waals surface area (Å²) in [5.74, 6) is 0.474. The largest absolute Gasteiger partial charge is 0.490 e. The minimum Gasteiger partial charge on any atom is -0.490 e. The van der Waals surface area contributed by atoms with Crippen LogP contribution in [0.15, 0.2) is 53.9 Å². The van der Waals surface area contributed by atoms with E-state index in [9.17, 15) is 9.59 Å². The summed E-state index contributed by atoms with van der Waals surface area (Å²) >= 11 is 1.03. The number of ether oxygens (including phenoxy) is 1. The molecule has 2 aromatic rings. The van der Waals surface area contributed by atoms with Crippen molar-refractivity contribution in [2.24, 2.45) is 5.16 Å². The van der Waals surface area contributed by atoms with Gasteiger partial charge >= 0.3 is 0 Å². The fourth-order valence-corrected chi connectivity index (χ4v) is 3.31. The number of imide groups is 1. The molecule has 2 amide bonds. The highest BCUT2D eigenvalue weighted by atomic mass is 32.2. The van der Waals surface area contributed by atoms with Gasteiger partial charge in [0.15, 0.2) is 6.61 Å². The lowest BCUT2D eigenvalue weighted by Gasteiger charge is -2.08. The number of carbonyl (C=O) groups excluding carboxylic acids is 2. The first-order valence-electron chi connectivity index (χ1n) is 8.42. The second kappa shape index (κ2) is 9.18. The lowest BCUT2D eigenvalue weighted by atomic mass is 10.1. The number of thioether (sulfide) groups is 1. The molecule has 0 aliphatic carbocycles. The van der Waals surface area contributed by atoms with Crippen LogP contribution in [0.1, 0.15) is 18.1 Å². The average molecular weight is 385 g/mol. The van der Waals surface area contributed by atoms with Gasteiger partial charge in [0.1, 0.15) is 12.4 Å². The van der Waals surface area contributed by atoms with E-state index in [-0.39, 0.29) is 16.4 Å². The molecule has 1 aromatic carbocycles. The number of benzene rings is 1. The third-order valence-electron chi connectivity index (χ3n) is 3.85. The highest BCUT2D eigenvalue weighted by molar-refractivity contribution is 8.15. The molecule has 7 nitrogen and oxygen atoms in total. The monoisotopic (exact) mass is 385 g/mol. The zero-order valence-electron chi connectivity index (χ0n) is 14.8. The molecule has 27 heavy (non-hydrogen) atoms. The molecule has 1 unspecified atom stereocenters. The molecule has 0 bridgehead atoms. The summed E-state index contributed by atoms with van der Waals surface area (Å²) in [5.41, 5.74) is 2.70. The molecule has 1 atom stereocenters. The Hall–Kier alpha value is -2.87.